The van der Waals surface area contributed by atoms with Gasteiger partial charge in [0.15, 0.2) is 11.9 Å². The monoisotopic (exact) mass is 789 g/mol. The van der Waals surface area contributed by atoms with Gasteiger partial charge in [-0.25, -0.2) is 27.6 Å². The molecule has 294 valence electrons. The smallest absolute Gasteiger partial charge is 0.339 e. The predicted octanol–water partition coefficient (Wildman–Crippen LogP) is 6.84. The van der Waals surface area contributed by atoms with E-state index in [-0.39, 0.29) is 54.7 Å². The number of nitrogens with zero attached hydrogens (tertiary/aromatic N) is 5. The number of nitriles is 1. The molecule has 1 saturated heterocycles. The van der Waals surface area contributed by atoms with Crippen LogP contribution in [-0.2, 0) is 42.5 Å². The van der Waals surface area contributed by atoms with Gasteiger partial charge in [0.1, 0.15) is 36.7 Å². The van der Waals surface area contributed by atoms with Gasteiger partial charge in [0, 0.05) is 34.4 Å². The highest BCUT2D eigenvalue weighted by atomic mass is 32.2. The average Bonchev–Trinajstić information content (AvgIpc) is 3.69. The van der Waals surface area contributed by atoms with E-state index in [1.807, 2.05) is 25.1 Å². The molecule has 11 nitrogen and oxygen atoms in total. The number of halogens is 3. The lowest BCUT2D eigenvalue weighted by molar-refractivity contribution is -0.146. The molecule has 0 amide bonds. The van der Waals surface area contributed by atoms with Crippen molar-refractivity contribution in [2.45, 2.75) is 55.3 Å². The van der Waals surface area contributed by atoms with Gasteiger partial charge >= 0.3 is 11.9 Å². The van der Waals surface area contributed by atoms with Crippen LogP contribution in [0.15, 0.2) is 91.5 Å². The Kier molecular flexibility index (Phi) is 15.0. The highest BCUT2D eigenvalue weighted by molar-refractivity contribution is 8.00. The van der Waals surface area contributed by atoms with Gasteiger partial charge < -0.3 is 23.8 Å². The van der Waals surface area contributed by atoms with Gasteiger partial charge in [0.2, 0.25) is 0 Å². The van der Waals surface area contributed by atoms with Gasteiger partial charge in [0.25, 0.3) is 0 Å². The minimum absolute atomic E-state index is 0.0866. The highest BCUT2D eigenvalue weighted by Crippen LogP contribution is 2.42. The first-order valence-corrected chi connectivity index (χ1v) is 18.7. The van der Waals surface area contributed by atoms with Crippen molar-refractivity contribution in [2.75, 3.05) is 33.9 Å². The Morgan fingerprint density at radius 3 is 2.57 bits per heavy atom. The van der Waals surface area contributed by atoms with E-state index in [9.17, 15) is 18.4 Å². The fraction of sp³-hybridized carbons (Fsp3) is 0.341. The molecule has 0 aliphatic carbocycles. The summed E-state index contributed by atoms with van der Waals surface area (Å²) in [6.45, 7) is 2.51. The quantitative estimate of drug-likeness (QED) is 0.0825. The molecule has 2 heterocycles. The van der Waals surface area contributed by atoms with Crippen LogP contribution in [0.1, 0.15) is 52.4 Å². The molecule has 0 saturated carbocycles. The molecule has 0 bridgehead atoms. The van der Waals surface area contributed by atoms with Gasteiger partial charge in [-0.15, -0.1) is 11.8 Å². The zero-order valence-corrected chi connectivity index (χ0v) is 32.0. The molecule has 1 aromatic heterocycles. The number of aromatic nitrogens is 3. The second kappa shape index (κ2) is 20.1. The molecule has 0 N–H and O–H groups in total. The number of rotatable bonds is 17. The molecular formula is C41H42F3N5O6S. The highest BCUT2D eigenvalue weighted by Gasteiger charge is 2.47. The first-order chi connectivity index (χ1) is 27.0. The zero-order chi connectivity index (χ0) is 40.1. The van der Waals surface area contributed by atoms with Crippen LogP contribution in [0.3, 0.4) is 0 Å². The van der Waals surface area contributed by atoms with Gasteiger partial charge in [-0.05, 0) is 70.4 Å². The first-order valence-electron chi connectivity index (χ1n) is 17.8. The van der Waals surface area contributed by atoms with Crippen LogP contribution in [-0.4, -0.2) is 82.2 Å². The Morgan fingerprint density at radius 1 is 1.09 bits per heavy atom. The van der Waals surface area contributed by atoms with E-state index < -0.39 is 46.5 Å². The summed E-state index contributed by atoms with van der Waals surface area (Å²) in [5.74, 6) is -3.50. The van der Waals surface area contributed by atoms with E-state index in [4.69, 9.17) is 24.2 Å². The predicted molar refractivity (Wildman–Crippen MR) is 203 cm³/mol. The van der Waals surface area contributed by atoms with E-state index in [0.717, 1.165) is 18.2 Å². The van der Waals surface area contributed by atoms with Crippen molar-refractivity contribution in [3.05, 3.63) is 137 Å². The molecule has 5 rings (SSSR count). The lowest BCUT2D eigenvalue weighted by atomic mass is 9.89. The van der Waals surface area contributed by atoms with Gasteiger partial charge in [-0.2, -0.15) is 10.4 Å². The summed E-state index contributed by atoms with van der Waals surface area (Å²) in [6, 6.07) is 15.7. The van der Waals surface area contributed by atoms with Crippen molar-refractivity contribution in [2.24, 2.45) is 0 Å². The lowest BCUT2D eigenvalue weighted by Crippen LogP contribution is -2.47. The number of thioether (sulfide) groups is 1. The standard InChI is InChI=1S/C41H42F3N5O6S/c1-28(56-33-23-53-39(54-24-33)13-7-5-9-30-15-14-29(21-45)19-36(30)43)41(25-49-27-46-26-47-49,35-17-16-32(42)20-37(35)44)55-40(51)34-11-6-4-10-31(34)22-52-38(50)12-8-18-48(2)3/h4-7,9-11,13-17,19-20,26-28,33,39H,8,12,18,22-25H2,1-3H3/b9-5+,13-7+/t28-,33-,39-,41-/m1/s1. The molecule has 1 fully saturated rings. The Hall–Kier alpha value is -5.27. The van der Waals surface area contributed by atoms with E-state index >= 15 is 4.39 Å². The molecule has 0 unspecified atom stereocenters. The molecule has 56 heavy (non-hydrogen) atoms. The summed E-state index contributed by atoms with van der Waals surface area (Å²) >= 11 is 1.33. The van der Waals surface area contributed by atoms with Gasteiger partial charge in [0.05, 0.1) is 42.2 Å². The normalized spacial score (nSPS) is 17.5. The van der Waals surface area contributed by atoms with Crippen LogP contribution >= 0.6 is 11.8 Å². The van der Waals surface area contributed by atoms with Crippen LogP contribution in [0.4, 0.5) is 13.2 Å². The molecule has 4 aromatic rings. The van der Waals surface area contributed by atoms with E-state index in [2.05, 4.69) is 10.1 Å². The second-order valence-electron chi connectivity index (χ2n) is 13.2. The third-order valence-corrected chi connectivity index (χ3v) is 10.3. The van der Waals surface area contributed by atoms with Crippen molar-refractivity contribution in [1.29, 1.82) is 5.26 Å². The van der Waals surface area contributed by atoms with Crippen LogP contribution in [0.2, 0.25) is 0 Å². The van der Waals surface area contributed by atoms with Crippen LogP contribution in [0.5, 0.6) is 0 Å². The number of benzene rings is 3. The van der Waals surface area contributed by atoms with Crippen molar-refractivity contribution < 1.29 is 41.7 Å². The maximum absolute atomic E-state index is 15.9. The van der Waals surface area contributed by atoms with Crippen LogP contribution in [0.25, 0.3) is 6.08 Å². The number of esters is 2. The molecule has 3 aromatic carbocycles. The van der Waals surface area contributed by atoms with E-state index in [0.29, 0.717) is 24.1 Å². The molecule has 2 atom stereocenters. The Morgan fingerprint density at radius 2 is 1.88 bits per heavy atom. The minimum atomic E-state index is -1.79. The number of carbonyl (C=O) groups is 2. The first kappa shape index (κ1) is 41.9. The molecule has 1 aliphatic heterocycles. The lowest BCUT2D eigenvalue weighted by Gasteiger charge is -2.40. The van der Waals surface area contributed by atoms with Crippen molar-refractivity contribution in [3.63, 3.8) is 0 Å². The second-order valence-corrected chi connectivity index (χ2v) is 14.9. The SMILES string of the molecule is C[C@@H](S[C@H]1CO[C@H](/C=C/C=C/c2ccc(C#N)cc2F)OC1)[C@@](Cn1cncn1)(OC(=O)c1ccccc1COC(=O)CCCN(C)C)c1ccc(F)cc1F. The van der Waals surface area contributed by atoms with Gasteiger partial charge in [-0.1, -0.05) is 42.5 Å². The summed E-state index contributed by atoms with van der Waals surface area (Å²) in [7, 11) is 3.82. The van der Waals surface area contributed by atoms with Crippen LogP contribution < -0.4 is 0 Å². The maximum Gasteiger partial charge on any atom is 0.339 e. The fourth-order valence-electron chi connectivity index (χ4n) is 5.96. The number of hydrogen-bond acceptors (Lipinski definition) is 11. The summed E-state index contributed by atoms with van der Waals surface area (Å²) in [5.41, 5.74) is -0.842. The zero-order valence-electron chi connectivity index (χ0n) is 31.1. The Bertz CT molecular complexity index is 2050. The number of allylic oxidation sites excluding steroid dienone is 2. The van der Waals surface area contributed by atoms with E-state index in [1.165, 1.54) is 53.4 Å². The fourth-order valence-corrected chi connectivity index (χ4v) is 7.32. The van der Waals surface area contributed by atoms with E-state index in [1.54, 1.807) is 49.4 Å². The molecule has 15 heteroatoms. The largest absolute Gasteiger partial charge is 0.461 e. The number of ether oxygens (including phenoxy) is 4. The summed E-state index contributed by atoms with van der Waals surface area (Å²) in [6.07, 6.45) is 9.29. The maximum atomic E-state index is 15.9. The van der Waals surface area contributed by atoms with Crippen LogP contribution in [0, 0.1) is 28.8 Å². The Labute approximate surface area is 327 Å². The minimum Gasteiger partial charge on any atom is -0.461 e. The average molecular weight is 790 g/mol. The van der Waals surface area contributed by atoms with Gasteiger partial charge in [-0.3, -0.25) is 4.79 Å². The summed E-state index contributed by atoms with van der Waals surface area (Å²) < 4.78 is 69.6. The molecule has 0 radical (unpaired) electrons. The third-order valence-electron chi connectivity index (χ3n) is 8.87. The molecule has 1 aliphatic rings. The Balaban J connectivity index is 1.34. The molecular weight excluding hydrogens is 748 g/mol. The van der Waals surface area contributed by atoms with Crippen molar-refractivity contribution in [1.82, 2.24) is 19.7 Å². The molecule has 0 spiro atoms. The topological polar surface area (TPSA) is 129 Å². The van der Waals surface area contributed by atoms with Crippen molar-refractivity contribution >= 4 is 29.8 Å². The number of hydrogen-bond donors (Lipinski definition) is 0. The van der Waals surface area contributed by atoms with Crippen molar-refractivity contribution in [3.8, 4) is 6.07 Å². The number of carbonyl (C=O) groups excluding carboxylic acids is 2. The summed E-state index contributed by atoms with van der Waals surface area (Å²) in [5, 5.41) is 12.1. The third kappa shape index (κ3) is 11.4. The summed E-state index contributed by atoms with van der Waals surface area (Å²) in [4.78, 5) is 32.7.